The third kappa shape index (κ3) is 3.46. The van der Waals surface area contributed by atoms with E-state index in [-0.39, 0.29) is 0 Å². The first-order valence-electron chi connectivity index (χ1n) is 7.81. The van der Waals surface area contributed by atoms with Gasteiger partial charge in [0.2, 0.25) is 0 Å². The van der Waals surface area contributed by atoms with E-state index in [1.807, 2.05) is 0 Å². The fraction of sp³-hybridized carbons (Fsp3) is 1.00. The molecule has 0 aromatic heterocycles. The van der Waals surface area contributed by atoms with Gasteiger partial charge in [-0.3, -0.25) is 0 Å². The maximum absolute atomic E-state index is 6.09. The Morgan fingerprint density at radius 2 is 1.83 bits per heavy atom. The highest BCUT2D eigenvalue weighted by Gasteiger charge is 2.34. The summed E-state index contributed by atoms with van der Waals surface area (Å²) in [7, 11) is 0. The van der Waals surface area contributed by atoms with Crippen LogP contribution in [0.3, 0.4) is 0 Å². The van der Waals surface area contributed by atoms with Crippen molar-refractivity contribution >= 4 is 0 Å². The molecular weight excluding hydrogens is 224 g/mol. The minimum absolute atomic E-state index is 0.325. The average molecular weight is 254 g/mol. The molecule has 0 radical (unpaired) electrons. The van der Waals surface area contributed by atoms with Crippen molar-refractivity contribution in [2.75, 3.05) is 32.8 Å². The molecule has 1 saturated heterocycles. The molecule has 2 rings (SSSR count). The molecule has 106 valence electrons. The van der Waals surface area contributed by atoms with Gasteiger partial charge in [0.05, 0.1) is 0 Å². The minimum atomic E-state index is 0.325. The Morgan fingerprint density at radius 1 is 1.17 bits per heavy atom. The molecule has 1 aliphatic heterocycles. The summed E-state index contributed by atoms with van der Waals surface area (Å²) in [5.74, 6) is 0. The van der Waals surface area contributed by atoms with Crippen LogP contribution in [-0.4, -0.2) is 43.8 Å². The number of hydrogen-bond donors (Lipinski definition) is 1. The molecule has 3 nitrogen and oxygen atoms in total. The molecular formula is C15H30N2O. The summed E-state index contributed by atoms with van der Waals surface area (Å²) >= 11 is 0. The molecule has 1 saturated carbocycles. The smallest absolute Gasteiger partial charge is 0.0472 e. The second kappa shape index (κ2) is 6.88. The van der Waals surface area contributed by atoms with E-state index in [1.54, 1.807) is 0 Å². The Bertz CT molecular complexity index is 233. The van der Waals surface area contributed by atoms with E-state index in [0.29, 0.717) is 5.41 Å². The molecule has 0 unspecified atom stereocenters. The van der Waals surface area contributed by atoms with Crippen LogP contribution in [0.4, 0.5) is 0 Å². The van der Waals surface area contributed by atoms with Crippen molar-refractivity contribution in [3.05, 3.63) is 0 Å². The number of nitrogens with two attached hydrogens (primary N) is 1. The van der Waals surface area contributed by atoms with Gasteiger partial charge in [0, 0.05) is 25.8 Å². The van der Waals surface area contributed by atoms with Gasteiger partial charge in [-0.15, -0.1) is 0 Å². The van der Waals surface area contributed by atoms with Gasteiger partial charge in [0.1, 0.15) is 0 Å². The summed E-state index contributed by atoms with van der Waals surface area (Å²) in [6.07, 6.45) is 9.35. The lowest BCUT2D eigenvalue weighted by Gasteiger charge is -2.43. The van der Waals surface area contributed by atoms with Crippen molar-refractivity contribution in [1.82, 2.24) is 4.90 Å². The summed E-state index contributed by atoms with van der Waals surface area (Å²) in [6.45, 7) is 7.29. The molecule has 3 heteroatoms. The van der Waals surface area contributed by atoms with Crippen LogP contribution < -0.4 is 5.73 Å². The van der Waals surface area contributed by atoms with Gasteiger partial charge in [0.15, 0.2) is 0 Å². The van der Waals surface area contributed by atoms with E-state index in [0.717, 1.165) is 38.6 Å². The van der Waals surface area contributed by atoms with E-state index in [4.69, 9.17) is 10.5 Å². The fourth-order valence-corrected chi connectivity index (χ4v) is 3.61. The molecule has 0 spiro atoms. The minimum Gasteiger partial charge on any atom is -0.381 e. The molecule has 0 aromatic rings. The molecule has 2 aliphatic rings. The van der Waals surface area contributed by atoms with Crippen LogP contribution in [0.15, 0.2) is 0 Å². The van der Waals surface area contributed by atoms with E-state index in [9.17, 15) is 0 Å². The molecule has 0 bridgehead atoms. The largest absolute Gasteiger partial charge is 0.381 e. The van der Waals surface area contributed by atoms with E-state index in [2.05, 4.69) is 11.8 Å². The molecule has 2 fully saturated rings. The summed E-state index contributed by atoms with van der Waals surface area (Å²) in [5.41, 5.74) is 6.41. The van der Waals surface area contributed by atoms with E-state index >= 15 is 0 Å². The van der Waals surface area contributed by atoms with Crippen LogP contribution in [0.25, 0.3) is 0 Å². The summed E-state index contributed by atoms with van der Waals surface area (Å²) in [4.78, 5) is 2.71. The van der Waals surface area contributed by atoms with Crippen LogP contribution in [0.5, 0.6) is 0 Å². The van der Waals surface area contributed by atoms with Gasteiger partial charge >= 0.3 is 0 Å². The maximum atomic E-state index is 6.09. The second-order valence-electron chi connectivity index (χ2n) is 6.17. The van der Waals surface area contributed by atoms with Gasteiger partial charge in [-0.05, 0) is 44.2 Å². The van der Waals surface area contributed by atoms with Crippen LogP contribution in [-0.2, 0) is 4.74 Å². The normalized spacial score (nSPS) is 25.5. The standard InChI is InChI=1S/C15H30N2O/c1-2-17(14-6-4-3-5-7-14)13-15(12-16)8-10-18-11-9-15/h14H,2-13,16H2,1H3. The zero-order valence-corrected chi connectivity index (χ0v) is 12.0. The third-order valence-corrected chi connectivity index (χ3v) is 5.02. The number of rotatable bonds is 5. The van der Waals surface area contributed by atoms with Crippen LogP contribution in [0.2, 0.25) is 0 Å². The van der Waals surface area contributed by atoms with Crippen LogP contribution in [0, 0.1) is 5.41 Å². The average Bonchev–Trinajstić information content (AvgIpc) is 2.47. The highest BCUT2D eigenvalue weighted by molar-refractivity contribution is 4.88. The first-order valence-corrected chi connectivity index (χ1v) is 7.81. The Hall–Kier alpha value is -0.120. The summed E-state index contributed by atoms with van der Waals surface area (Å²) in [5, 5.41) is 0. The van der Waals surface area contributed by atoms with Gasteiger partial charge in [-0.25, -0.2) is 0 Å². The topological polar surface area (TPSA) is 38.5 Å². The molecule has 2 N–H and O–H groups in total. The summed E-state index contributed by atoms with van der Waals surface area (Å²) in [6, 6.07) is 0.815. The Labute approximate surface area is 112 Å². The van der Waals surface area contributed by atoms with Crippen molar-refractivity contribution in [1.29, 1.82) is 0 Å². The molecule has 0 amide bonds. The summed E-state index contributed by atoms with van der Waals surface area (Å²) < 4.78 is 5.51. The molecule has 18 heavy (non-hydrogen) atoms. The van der Waals surface area contributed by atoms with Crippen LogP contribution >= 0.6 is 0 Å². The van der Waals surface area contributed by atoms with Crippen molar-refractivity contribution in [3.63, 3.8) is 0 Å². The van der Waals surface area contributed by atoms with Crippen molar-refractivity contribution < 1.29 is 4.74 Å². The predicted octanol–water partition coefficient (Wildman–Crippen LogP) is 2.40. The Kier molecular flexibility index (Phi) is 5.46. The van der Waals surface area contributed by atoms with E-state index in [1.165, 1.54) is 45.2 Å². The number of nitrogens with zero attached hydrogens (tertiary/aromatic N) is 1. The van der Waals surface area contributed by atoms with Gasteiger partial charge in [-0.2, -0.15) is 0 Å². The Morgan fingerprint density at radius 3 is 2.39 bits per heavy atom. The monoisotopic (exact) mass is 254 g/mol. The van der Waals surface area contributed by atoms with Crippen LogP contribution in [0.1, 0.15) is 51.9 Å². The van der Waals surface area contributed by atoms with Crippen molar-refractivity contribution in [2.45, 2.75) is 57.9 Å². The lowest BCUT2D eigenvalue weighted by atomic mass is 9.79. The molecule has 1 heterocycles. The Balaban J connectivity index is 1.94. The van der Waals surface area contributed by atoms with Gasteiger partial charge in [-0.1, -0.05) is 26.2 Å². The zero-order chi connectivity index (χ0) is 12.8. The molecule has 1 aliphatic carbocycles. The SMILES string of the molecule is CCN(CC1(CN)CCOCC1)C1CCCCC1. The highest BCUT2D eigenvalue weighted by atomic mass is 16.5. The quantitative estimate of drug-likeness (QED) is 0.819. The first-order chi connectivity index (χ1) is 8.79. The maximum Gasteiger partial charge on any atom is 0.0472 e. The first kappa shape index (κ1) is 14.3. The molecule has 0 atom stereocenters. The molecule has 0 aromatic carbocycles. The number of hydrogen-bond acceptors (Lipinski definition) is 3. The number of ether oxygens (including phenoxy) is 1. The lowest BCUT2D eigenvalue weighted by Crippen LogP contribution is -2.49. The third-order valence-electron chi connectivity index (χ3n) is 5.02. The van der Waals surface area contributed by atoms with Crippen molar-refractivity contribution in [3.8, 4) is 0 Å². The fourth-order valence-electron chi connectivity index (χ4n) is 3.61. The van der Waals surface area contributed by atoms with Gasteiger partial charge < -0.3 is 15.4 Å². The highest BCUT2D eigenvalue weighted by Crippen LogP contribution is 2.33. The van der Waals surface area contributed by atoms with Gasteiger partial charge in [0.25, 0.3) is 0 Å². The lowest BCUT2D eigenvalue weighted by molar-refractivity contribution is -0.00995. The van der Waals surface area contributed by atoms with E-state index < -0.39 is 0 Å². The predicted molar refractivity (Wildman–Crippen MR) is 75.7 cm³/mol. The second-order valence-corrected chi connectivity index (χ2v) is 6.17. The zero-order valence-electron chi connectivity index (χ0n) is 12.0. The van der Waals surface area contributed by atoms with Crippen molar-refractivity contribution in [2.24, 2.45) is 11.1 Å².